The third-order valence-electron chi connectivity index (χ3n) is 2.87. The van der Waals surface area contributed by atoms with Crippen LogP contribution < -0.4 is 0 Å². The van der Waals surface area contributed by atoms with Gasteiger partial charge in [-0.05, 0) is 31.6 Å². The number of hydrogen-bond acceptors (Lipinski definition) is 1. The molecule has 0 saturated heterocycles. The summed E-state index contributed by atoms with van der Waals surface area (Å²) in [6.07, 6.45) is 4.63. The third kappa shape index (κ3) is 2.10. The number of aliphatic carboxylic acids is 1. The largest absolute Gasteiger partial charge is 0.481 e. The van der Waals surface area contributed by atoms with Crippen molar-refractivity contribution in [3.63, 3.8) is 0 Å². The predicted octanol–water partition coefficient (Wildman–Crippen LogP) is 2.45. The minimum absolute atomic E-state index is 0.326. The lowest BCUT2D eigenvalue weighted by Gasteiger charge is -2.27. The van der Waals surface area contributed by atoms with Crippen molar-refractivity contribution < 1.29 is 9.90 Å². The first-order valence-corrected chi connectivity index (χ1v) is 4.49. The standard InChI is InChI=1S/C10H16O2/c1-7-4-3-5-9(8(7)2)6-10(11)12/h4,8-9H,3,5-6H2,1-2H3,(H,11,12). The van der Waals surface area contributed by atoms with E-state index < -0.39 is 5.97 Å². The first kappa shape index (κ1) is 9.30. The fourth-order valence-electron chi connectivity index (χ4n) is 1.84. The van der Waals surface area contributed by atoms with Gasteiger partial charge >= 0.3 is 5.97 Å². The Labute approximate surface area is 73.3 Å². The average Bonchev–Trinajstić information content (AvgIpc) is 1.98. The molecule has 1 N–H and O–H groups in total. The van der Waals surface area contributed by atoms with Crippen LogP contribution in [0.2, 0.25) is 0 Å². The number of carboxylic acids is 1. The lowest BCUT2D eigenvalue weighted by Crippen LogP contribution is -2.19. The van der Waals surface area contributed by atoms with E-state index in [1.807, 2.05) is 0 Å². The van der Waals surface area contributed by atoms with E-state index in [1.54, 1.807) is 0 Å². The second-order valence-corrected chi connectivity index (χ2v) is 3.67. The van der Waals surface area contributed by atoms with Gasteiger partial charge in [-0.3, -0.25) is 4.79 Å². The van der Waals surface area contributed by atoms with Crippen LogP contribution in [0.25, 0.3) is 0 Å². The van der Waals surface area contributed by atoms with Crippen molar-refractivity contribution in [2.45, 2.75) is 33.1 Å². The van der Waals surface area contributed by atoms with Crippen LogP contribution in [0.1, 0.15) is 33.1 Å². The van der Waals surface area contributed by atoms with Gasteiger partial charge in [0, 0.05) is 6.42 Å². The van der Waals surface area contributed by atoms with Gasteiger partial charge in [0.15, 0.2) is 0 Å². The highest BCUT2D eigenvalue weighted by molar-refractivity contribution is 5.67. The summed E-state index contributed by atoms with van der Waals surface area (Å²) in [7, 11) is 0. The lowest BCUT2D eigenvalue weighted by atomic mass is 9.78. The van der Waals surface area contributed by atoms with Crippen molar-refractivity contribution in [2.24, 2.45) is 11.8 Å². The molecule has 0 spiro atoms. The maximum Gasteiger partial charge on any atom is 0.303 e. The molecule has 2 unspecified atom stereocenters. The van der Waals surface area contributed by atoms with Crippen molar-refractivity contribution in [3.8, 4) is 0 Å². The molecule has 0 fully saturated rings. The molecule has 1 rings (SSSR count). The lowest BCUT2D eigenvalue weighted by molar-refractivity contribution is -0.138. The monoisotopic (exact) mass is 168 g/mol. The molecule has 0 saturated carbocycles. The summed E-state index contributed by atoms with van der Waals surface area (Å²) in [5, 5.41) is 8.65. The summed E-state index contributed by atoms with van der Waals surface area (Å²) in [5.41, 5.74) is 1.35. The molecule has 1 aliphatic carbocycles. The van der Waals surface area contributed by atoms with Crippen LogP contribution >= 0.6 is 0 Å². The highest BCUT2D eigenvalue weighted by atomic mass is 16.4. The van der Waals surface area contributed by atoms with Crippen molar-refractivity contribution in [2.75, 3.05) is 0 Å². The Morgan fingerprint density at radius 3 is 3.00 bits per heavy atom. The molecule has 0 aliphatic heterocycles. The SMILES string of the molecule is CC1=CCCC(CC(=O)O)C1C. The van der Waals surface area contributed by atoms with Gasteiger partial charge in [-0.2, -0.15) is 0 Å². The Morgan fingerprint density at radius 2 is 2.42 bits per heavy atom. The minimum atomic E-state index is -0.665. The summed E-state index contributed by atoms with van der Waals surface area (Å²) in [6, 6.07) is 0. The molecule has 68 valence electrons. The molecule has 2 atom stereocenters. The van der Waals surface area contributed by atoms with Crippen molar-refractivity contribution in [3.05, 3.63) is 11.6 Å². The van der Waals surface area contributed by atoms with Gasteiger partial charge in [0.1, 0.15) is 0 Å². The van der Waals surface area contributed by atoms with Crippen LogP contribution in [0.4, 0.5) is 0 Å². The zero-order chi connectivity index (χ0) is 9.14. The molecule has 0 aromatic heterocycles. The van der Waals surface area contributed by atoms with E-state index in [0.717, 1.165) is 12.8 Å². The zero-order valence-electron chi connectivity index (χ0n) is 7.71. The van der Waals surface area contributed by atoms with Gasteiger partial charge in [-0.15, -0.1) is 0 Å². The van der Waals surface area contributed by atoms with Crippen LogP contribution in [-0.4, -0.2) is 11.1 Å². The Kier molecular flexibility index (Phi) is 2.90. The Bertz CT molecular complexity index is 206. The number of carbonyl (C=O) groups is 1. The van der Waals surface area contributed by atoms with Gasteiger partial charge in [0.05, 0.1) is 0 Å². The maximum absolute atomic E-state index is 10.5. The maximum atomic E-state index is 10.5. The van der Waals surface area contributed by atoms with Crippen LogP contribution in [-0.2, 0) is 4.79 Å². The normalized spacial score (nSPS) is 29.7. The van der Waals surface area contributed by atoms with Gasteiger partial charge in [-0.1, -0.05) is 18.6 Å². The van der Waals surface area contributed by atoms with Gasteiger partial charge in [0.25, 0.3) is 0 Å². The summed E-state index contributed by atoms with van der Waals surface area (Å²) in [6.45, 7) is 4.22. The highest BCUT2D eigenvalue weighted by Gasteiger charge is 2.23. The van der Waals surface area contributed by atoms with Crippen molar-refractivity contribution in [1.29, 1.82) is 0 Å². The van der Waals surface area contributed by atoms with E-state index >= 15 is 0 Å². The quantitative estimate of drug-likeness (QED) is 0.643. The fraction of sp³-hybridized carbons (Fsp3) is 0.700. The molecular formula is C10H16O2. The Hall–Kier alpha value is -0.790. The molecule has 0 heterocycles. The number of allylic oxidation sites excluding steroid dienone is 2. The van der Waals surface area contributed by atoms with Crippen molar-refractivity contribution in [1.82, 2.24) is 0 Å². The molecule has 0 aromatic rings. The average molecular weight is 168 g/mol. The molecule has 12 heavy (non-hydrogen) atoms. The summed E-state index contributed by atoms with van der Waals surface area (Å²) in [4.78, 5) is 10.5. The van der Waals surface area contributed by atoms with Gasteiger partial charge in [-0.25, -0.2) is 0 Å². The first-order valence-electron chi connectivity index (χ1n) is 4.49. The van der Waals surface area contributed by atoms with E-state index in [4.69, 9.17) is 5.11 Å². The molecule has 2 heteroatoms. The van der Waals surface area contributed by atoms with Crippen LogP contribution in [0, 0.1) is 11.8 Å². The molecule has 0 radical (unpaired) electrons. The molecule has 2 nitrogen and oxygen atoms in total. The minimum Gasteiger partial charge on any atom is -0.481 e. The fourth-order valence-corrected chi connectivity index (χ4v) is 1.84. The first-order chi connectivity index (χ1) is 5.61. The van der Waals surface area contributed by atoms with Crippen LogP contribution in [0.3, 0.4) is 0 Å². The molecule has 0 bridgehead atoms. The Morgan fingerprint density at radius 1 is 1.75 bits per heavy atom. The Balaban J connectivity index is 2.56. The number of hydrogen-bond donors (Lipinski definition) is 1. The predicted molar refractivity (Wildman–Crippen MR) is 47.9 cm³/mol. The van der Waals surface area contributed by atoms with E-state index in [1.165, 1.54) is 5.57 Å². The smallest absolute Gasteiger partial charge is 0.303 e. The number of carboxylic acid groups (broad SMARTS) is 1. The van der Waals surface area contributed by atoms with E-state index in [2.05, 4.69) is 19.9 Å². The van der Waals surface area contributed by atoms with Gasteiger partial charge < -0.3 is 5.11 Å². The van der Waals surface area contributed by atoms with Crippen LogP contribution in [0.15, 0.2) is 11.6 Å². The topological polar surface area (TPSA) is 37.3 Å². The molecular weight excluding hydrogens is 152 g/mol. The second-order valence-electron chi connectivity index (χ2n) is 3.67. The van der Waals surface area contributed by atoms with E-state index in [-0.39, 0.29) is 0 Å². The van der Waals surface area contributed by atoms with E-state index in [0.29, 0.717) is 18.3 Å². The third-order valence-corrected chi connectivity index (χ3v) is 2.87. The van der Waals surface area contributed by atoms with E-state index in [9.17, 15) is 4.79 Å². The second kappa shape index (κ2) is 3.74. The number of rotatable bonds is 2. The van der Waals surface area contributed by atoms with Crippen molar-refractivity contribution >= 4 is 5.97 Å². The summed E-state index contributed by atoms with van der Waals surface area (Å²) in [5.74, 6) is 0.142. The molecule has 0 aromatic carbocycles. The van der Waals surface area contributed by atoms with Gasteiger partial charge in [0.2, 0.25) is 0 Å². The zero-order valence-corrected chi connectivity index (χ0v) is 7.71. The molecule has 1 aliphatic rings. The summed E-state index contributed by atoms with van der Waals surface area (Å²) >= 11 is 0. The highest BCUT2D eigenvalue weighted by Crippen LogP contribution is 2.31. The summed E-state index contributed by atoms with van der Waals surface area (Å²) < 4.78 is 0. The van der Waals surface area contributed by atoms with Crippen LogP contribution in [0.5, 0.6) is 0 Å². The molecule has 0 amide bonds.